The van der Waals surface area contributed by atoms with Gasteiger partial charge in [0.15, 0.2) is 0 Å². The Kier molecular flexibility index (Phi) is 7.10. The van der Waals surface area contributed by atoms with Crippen molar-refractivity contribution in [2.45, 2.75) is 50.7 Å². The Labute approximate surface area is 162 Å². The molecule has 2 saturated heterocycles. The number of benzene rings is 1. The number of anilines is 1. The lowest BCUT2D eigenvalue weighted by Crippen LogP contribution is -2.57. The van der Waals surface area contributed by atoms with Crippen LogP contribution in [0.25, 0.3) is 0 Å². The standard InChI is InChI=1S/C21H32N2O4/c1-3-4-13-26-18-8-6-17(7-9-18)22-20(24)16-23-12-11-21(10-5-14-27-21)19(15-23)25-2/h6-9,19H,3-5,10-16H2,1-2H3,(H,22,24)/t19-,21-/m1/s1. The van der Waals surface area contributed by atoms with Crippen LogP contribution in [0.2, 0.25) is 0 Å². The Bertz CT molecular complexity index is 599. The maximum atomic E-state index is 12.4. The number of carbonyl (C=O) groups excluding carboxylic acids is 1. The molecular weight excluding hydrogens is 344 g/mol. The van der Waals surface area contributed by atoms with Gasteiger partial charge in [-0.05, 0) is 49.9 Å². The van der Waals surface area contributed by atoms with Crippen molar-refractivity contribution in [1.82, 2.24) is 4.90 Å². The summed E-state index contributed by atoms with van der Waals surface area (Å²) in [4.78, 5) is 14.6. The van der Waals surface area contributed by atoms with E-state index in [1.165, 1.54) is 0 Å². The predicted molar refractivity (Wildman–Crippen MR) is 105 cm³/mol. The van der Waals surface area contributed by atoms with Crippen molar-refractivity contribution in [3.05, 3.63) is 24.3 Å². The fourth-order valence-corrected chi connectivity index (χ4v) is 3.98. The Hall–Kier alpha value is -1.63. The average Bonchev–Trinajstić information content (AvgIpc) is 3.14. The fraction of sp³-hybridized carbons (Fsp3) is 0.667. The molecule has 0 saturated carbocycles. The van der Waals surface area contributed by atoms with Crippen molar-refractivity contribution in [3.63, 3.8) is 0 Å². The Morgan fingerprint density at radius 2 is 2.15 bits per heavy atom. The van der Waals surface area contributed by atoms with Crippen LogP contribution in [0.15, 0.2) is 24.3 Å². The summed E-state index contributed by atoms with van der Waals surface area (Å²) < 4.78 is 17.4. The highest BCUT2D eigenvalue weighted by Gasteiger charge is 2.46. The zero-order valence-electron chi connectivity index (χ0n) is 16.5. The second-order valence-corrected chi connectivity index (χ2v) is 7.50. The molecule has 2 atom stereocenters. The van der Waals surface area contributed by atoms with E-state index in [1.54, 1.807) is 7.11 Å². The molecule has 0 unspecified atom stereocenters. The quantitative estimate of drug-likeness (QED) is 0.707. The lowest BCUT2D eigenvalue weighted by molar-refractivity contribution is -0.145. The van der Waals surface area contributed by atoms with Gasteiger partial charge in [-0.25, -0.2) is 0 Å². The van der Waals surface area contributed by atoms with Gasteiger partial charge in [-0.2, -0.15) is 0 Å². The zero-order valence-corrected chi connectivity index (χ0v) is 16.5. The third-order valence-electron chi connectivity index (χ3n) is 5.55. The molecule has 1 N–H and O–H groups in total. The van der Waals surface area contributed by atoms with Crippen LogP contribution in [0.3, 0.4) is 0 Å². The van der Waals surface area contributed by atoms with Crippen LogP contribution in [-0.2, 0) is 14.3 Å². The second kappa shape index (κ2) is 9.53. The van der Waals surface area contributed by atoms with E-state index in [-0.39, 0.29) is 17.6 Å². The first-order valence-corrected chi connectivity index (χ1v) is 10.1. The zero-order chi connectivity index (χ0) is 19.1. The maximum Gasteiger partial charge on any atom is 0.238 e. The maximum absolute atomic E-state index is 12.4. The number of amides is 1. The minimum absolute atomic E-state index is 0.00667. The van der Waals surface area contributed by atoms with E-state index in [0.717, 1.165) is 69.8 Å². The lowest BCUT2D eigenvalue weighted by atomic mass is 9.86. The van der Waals surface area contributed by atoms with Gasteiger partial charge in [0.25, 0.3) is 0 Å². The van der Waals surface area contributed by atoms with Crippen molar-refractivity contribution >= 4 is 11.6 Å². The number of hydrogen-bond donors (Lipinski definition) is 1. The number of nitrogens with zero attached hydrogens (tertiary/aromatic N) is 1. The summed E-state index contributed by atoms with van der Waals surface area (Å²) in [6, 6.07) is 7.56. The fourth-order valence-electron chi connectivity index (χ4n) is 3.98. The number of ether oxygens (including phenoxy) is 3. The minimum Gasteiger partial charge on any atom is -0.494 e. The molecule has 2 fully saturated rings. The molecule has 2 aliphatic heterocycles. The molecule has 0 radical (unpaired) electrons. The van der Waals surface area contributed by atoms with Gasteiger partial charge in [-0.3, -0.25) is 9.69 Å². The summed E-state index contributed by atoms with van der Waals surface area (Å²) >= 11 is 0. The molecule has 150 valence electrons. The first kappa shape index (κ1) is 20.1. The van der Waals surface area contributed by atoms with E-state index < -0.39 is 0 Å². The minimum atomic E-state index is -0.144. The summed E-state index contributed by atoms with van der Waals surface area (Å²) in [5, 5.41) is 2.97. The Morgan fingerprint density at radius 3 is 2.81 bits per heavy atom. The third kappa shape index (κ3) is 5.21. The van der Waals surface area contributed by atoms with Gasteiger partial charge >= 0.3 is 0 Å². The largest absolute Gasteiger partial charge is 0.494 e. The molecule has 3 rings (SSSR count). The van der Waals surface area contributed by atoms with Gasteiger partial charge in [0.1, 0.15) is 5.75 Å². The first-order valence-electron chi connectivity index (χ1n) is 10.1. The number of unbranched alkanes of at least 4 members (excludes halogenated alkanes) is 1. The van der Waals surface area contributed by atoms with Gasteiger partial charge < -0.3 is 19.5 Å². The lowest BCUT2D eigenvalue weighted by Gasteiger charge is -2.44. The number of methoxy groups -OCH3 is 1. The number of carbonyl (C=O) groups is 1. The van der Waals surface area contributed by atoms with Crippen molar-refractivity contribution < 1.29 is 19.0 Å². The topological polar surface area (TPSA) is 60.0 Å². The SMILES string of the molecule is CCCCOc1ccc(NC(=O)CN2CC[C@]3(CCCO3)[C@H](OC)C2)cc1. The first-order chi connectivity index (χ1) is 13.1. The molecule has 0 aliphatic carbocycles. The highest BCUT2D eigenvalue weighted by atomic mass is 16.5. The molecular formula is C21H32N2O4. The molecule has 2 heterocycles. The molecule has 0 bridgehead atoms. The molecule has 6 heteroatoms. The van der Waals surface area contributed by atoms with Crippen LogP contribution in [0, 0.1) is 0 Å². The number of likely N-dealkylation sites (tertiary alicyclic amines) is 1. The van der Waals surface area contributed by atoms with Crippen molar-refractivity contribution in [3.8, 4) is 5.75 Å². The van der Waals surface area contributed by atoms with E-state index in [1.807, 2.05) is 24.3 Å². The molecule has 6 nitrogen and oxygen atoms in total. The Balaban J connectivity index is 1.46. The molecule has 27 heavy (non-hydrogen) atoms. The van der Waals surface area contributed by atoms with Crippen LogP contribution >= 0.6 is 0 Å². The van der Waals surface area contributed by atoms with Crippen molar-refractivity contribution in [1.29, 1.82) is 0 Å². The summed E-state index contributed by atoms with van der Waals surface area (Å²) in [6.45, 7) is 5.64. The molecule has 1 amide bonds. The molecule has 2 aliphatic rings. The summed E-state index contributed by atoms with van der Waals surface area (Å²) in [6.07, 6.45) is 5.26. The predicted octanol–water partition coefficient (Wildman–Crippen LogP) is 3.07. The highest BCUT2D eigenvalue weighted by molar-refractivity contribution is 5.92. The van der Waals surface area contributed by atoms with Crippen molar-refractivity contribution in [2.75, 3.05) is 45.3 Å². The monoisotopic (exact) mass is 376 g/mol. The summed E-state index contributed by atoms with van der Waals surface area (Å²) in [5.74, 6) is 0.829. The number of nitrogens with one attached hydrogen (secondary N) is 1. The van der Waals surface area contributed by atoms with Crippen molar-refractivity contribution in [2.24, 2.45) is 0 Å². The van der Waals surface area contributed by atoms with Gasteiger partial charge in [-0.1, -0.05) is 13.3 Å². The van der Waals surface area contributed by atoms with Crippen LogP contribution in [-0.4, -0.2) is 62.5 Å². The number of rotatable bonds is 8. The van der Waals surface area contributed by atoms with Gasteiger partial charge in [0, 0.05) is 32.5 Å². The van der Waals surface area contributed by atoms with Gasteiger partial charge in [-0.15, -0.1) is 0 Å². The van der Waals surface area contributed by atoms with Crippen LogP contribution in [0.1, 0.15) is 39.0 Å². The highest BCUT2D eigenvalue weighted by Crippen LogP contribution is 2.37. The summed E-state index contributed by atoms with van der Waals surface area (Å²) in [5.41, 5.74) is 0.647. The molecule has 1 aromatic rings. The van der Waals surface area contributed by atoms with E-state index in [2.05, 4.69) is 17.1 Å². The summed E-state index contributed by atoms with van der Waals surface area (Å²) in [7, 11) is 1.74. The van der Waals surface area contributed by atoms with Crippen LogP contribution in [0.4, 0.5) is 5.69 Å². The second-order valence-electron chi connectivity index (χ2n) is 7.50. The normalized spacial score (nSPS) is 25.6. The molecule has 1 aromatic carbocycles. The number of piperidine rings is 1. The molecule has 0 aromatic heterocycles. The number of hydrogen-bond acceptors (Lipinski definition) is 5. The van der Waals surface area contributed by atoms with Gasteiger partial charge in [0.2, 0.25) is 5.91 Å². The van der Waals surface area contributed by atoms with Crippen LogP contribution < -0.4 is 10.1 Å². The van der Waals surface area contributed by atoms with E-state index in [4.69, 9.17) is 14.2 Å². The molecule has 1 spiro atoms. The Morgan fingerprint density at radius 1 is 1.33 bits per heavy atom. The smallest absolute Gasteiger partial charge is 0.238 e. The van der Waals surface area contributed by atoms with E-state index >= 15 is 0 Å². The van der Waals surface area contributed by atoms with Crippen LogP contribution in [0.5, 0.6) is 5.75 Å². The third-order valence-corrected chi connectivity index (χ3v) is 5.55. The van der Waals surface area contributed by atoms with E-state index in [9.17, 15) is 4.79 Å². The van der Waals surface area contributed by atoms with Gasteiger partial charge in [0.05, 0.1) is 24.9 Å². The average molecular weight is 376 g/mol. The van der Waals surface area contributed by atoms with E-state index in [0.29, 0.717) is 6.54 Å².